The van der Waals surface area contributed by atoms with Gasteiger partial charge in [-0.2, -0.15) is 0 Å². The number of nitrogens with zero attached hydrogens (tertiary/aromatic N) is 2. The first-order valence-corrected chi connectivity index (χ1v) is 8.30. The Kier molecular flexibility index (Phi) is 5.51. The standard InChI is InChI=1S/C20H20N4O3/c1-13-6-4-5-7-15(13)21-19-11-10-17(23-24-19)20(25)22-16-9-8-14(26-2)12-18(16)27-3/h4-12H,1-3H3,(H,21,24)(H,22,25). The van der Waals surface area contributed by atoms with Crippen LogP contribution in [0.2, 0.25) is 0 Å². The van der Waals surface area contributed by atoms with Crippen molar-refractivity contribution in [2.75, 3.05) is 24.9 Å². The van der Waals surface area contributed by atoms with Crippen LogP contribution in [0.25, 0.3) is 0 Å². The molecule has 0 bridgehead atoms. The second-order valence-electron chi connectivity index (χ2n) is 5.76. The Morgan fingerprint density at radius 1 is 0.926 bits per heavy atom. The zero-order chi connectivity index (χ0) is 19.2. The number of para-hydroxylation sites is 1. The third-order valence-electron chi connectivity index (χ3n) is 3.96. The Morgan fingerprint density at radius 3 is 2.41 bits per heavy atom. The van der Waals surface area contributed by atoms with Crippen molar-refractivity contribution < 1.29 is 14.3 Å². The predicted molar refractivity (Wildman–Crippen MR) is 104 cm³/mol. The van der Waals surface area contributed by atoms with Gasteiger partial charge >= 0.3 is 0 Å². The molecule has 0 radical (unpaired) electrons. The molecule has 3 rings (SSSR count). The Morgan fingerprint density at radius 2 is 1.74 bits per heavy atom. The molecule has 0 saturated carbocycles. The van der Waals surface area contributed by atoms with Crippen molar-refractivity contribution in [1.29, 1.82) is 0 Å². The van der Waals surface area contributed by atoms with Crippen LogP contribution in [-0.2, 0) is 0 Å². The minimum absolute atomic E-state index is 0.197. The Labute approximate surface area is 157 Å². The van der Waals surface area contributed by atoms with E-state index in [2.05, 4.69) is 20.8 Å². The van der Waals surface area contributed by atoms with Gasteiger partial charge in [-0.25, -0.2) is 0 Å². The number of carbonyl (C=O) groups is 1. The lowest BCUT2D eigenvalue weighted by Gasteiger charge is -2.11. The van der Waals surface area contributed by atoms with E-state index in [1.165, 1.54) is 7.11 Å². The molecule has 27 heavy (non-hydrogen) atoms. The highest BCUT2D eigenvalue weighted by Crippen LogP contribution is 2.29. The van der Waals surface area contributed by atoms with E-state index in [4.69, 9.17) is 9.47 Å². The van der Waals surface area contributed by atoms with E-state index in [1.807, 2.05) is 31.2 Å². The molecule has 0 aliphatic carbocycles. The third-order valence-corrected chi connectivity index (χ3v) is 3.96. The number of amides is 1. The zero-order valence-electron chi connectivity index (χ0n) is 15.3. The quantitative estimate of drug-likeness (QED) is 0.692. The molecule has 3 aromatic rings. The number of hydrogen-bond donors (Lipinski definition) is 2. The Hall–Kier alpha value is -3.61. The number of nitrogens with one attached hydrogen (secondary N) is 2. The van der Waals surface area contributed by atoms with Crippen LogP contribution in [0, 0.1) is 6.92 Å². The van der Waals surface area contributed by atoms with Crippen LogP contribution in [-0.4, -0.2) is 30.3 Å². The smallest absolute Gasteiger partial charge is 0.276 e. The number of anilines is 3. The van der Waals surface area contributed by atoms with Crippen molar-refractivity contribution in [3.05, 3.63) is 65.9 Å². The fraction of sp³-hybridized carbons (Fsp3) is 0.150. The number of benzene rings is 2. The number of rotatable bonds is 6. The van der Waals surface area contributed by atoms with Crippen molar-refractivity contribution in [2.45, 2.75) is 6.92 Å². The molecule has 2 aromatic carbocycles. The SMILES string of the molecule is COc1ccc(NC(=O)c2ccc(Nc3ccccc3C)nn2)c(OC)c1. The van der Waals surface area contributed by atoms with Gasteiger partial charge in [-0.1, -0.05) is 18.2 Å². The highest BCUT2D eigenvalue weighted by molar-refractivity contribution is 6.03. The van der Waals surface area contributed by atoms with Gasteiger partial charge in [0.05, 0.1) is 19.9 Å². The van der Waals surface area contributed by atoms with E-state index >= 15 is 0 Å². The van der Waals surface area contributed by atoms with Gasteiger partial charge in [0.15, 0.2) is 11.5 Å². The molecule has 0 unspecified atom stereocenters. The van der Waals surface area contributed by atoms with Crippen LogP contribution in [0.5, 0.6) is 11.5 Å². The minimum atomic E-state index is -0.381. The van der Waals surface area contributed by atoms with Gasteiger partial charge < -0.3 is 20.1 Å². The van der Waals surface area contributed by atoms with Gasteiger partial charge in [0.25, 0.3) is 5.91 Å². The average Bonchev–Trinajstić information content (AvgIpc) is 2.70. The highest BCUT2D eigenvalue weighted by Gasteiger charge is 2.13. The van der Waals surface area contributed by atoms with Crippen molar-refractivity contribution >= 4 is 23.1 Å². The number of carbonyl (C=O) groups excluding carboxylic acids is 1. The molecular weight excluding hydrogens is 344 g/mol. The summed E-state index contributed by atoms with van der Waals surface area (Å²) in [5.74, 6) is 1.31. The lowest BCUT2D eigenvalue weighted by atomic mass is 10.2. The highest BCUT2D eigenvalue weighted by atomic mass is 16.5. The monoisotopic (exact) mass is 364 g/mol. The molecule has 0 aliphatic rings. The lowest BCUT2D eigenvalue weighted by molar-refractivity contribution is 0.102. The predicted octanol–water partition coefficient (Wildman–Crippen LogP) is 3.80. The second-order valence-corrected chi connectivity index (χ2v) is 5.76. The normalized spacial score (nSPS) is 10.2. The van der Waals surface area contributed by atoms with Crippen LogP contribution >= 0.6 is 0 Å². The molecule has 0 atom stereocenters. The van der Waals surface area contributed by atoms with Crippen LogP contribution in [0.1, 0.15) is 16.1 Å². The molecule has 138 valence electrons. The number of hydrogen-bond acceptors (Lipinski definition) is 6. The van der Waals surface area contributed by atoms with Crippen LogP contribution in [0.4, 0.5) is 17.2 Å². The van der Waals surface area contributed by atoms with Gasteiger partial charge in [-0.3, -0.25) is 4.79 Å². The van der Waals surface area contributed by atoms with Crippen molar-refractivity contribution in [3.8, 4) is 11.5 Å². The van der Waals surface area contributed by atoms with Crippen LogP contribution in [0.15, 0.2) is 54.6 Å². The first-order valence-electron chi connectivity index (χ1n) is 8.30. The third kappa shape index (κ3) is 4.33. The van der Waals surface area contributed by atoms with E-state index in [0.29, 0.717) is 23.0 Å². The van der Waals surface area contributed by atoms with Crippen LogP contribution in [0.3, 0.4) is 0 Å². The van der Waals surface area contributed by atoms with Crippen LogP contribution < -0.4 is 20.1 Å². The molecule has 1 heterocycles. The molecule has 7 heteroatoms. The minimum Gasteiger partial charge on any atom is -0.497 e. The number of ether oxygens (including phenoxy) is 2. The summed E-state index contributed by atoms with van der Waals surface area (Å²) in [5, 5.41) is 14.0. The largest absolute Gasteiger partial charge is 0.497 e. The summed E-state index contributed by atoms with van der Waals surface area (Å²) in [6.45, 7) is 2.00. The topological polar surface area (TPSA) is 85.4 Å². The number of methoxy groups -OCH3 is 2. The molecule has 0 aliphatic heterocycles. The zero-order valence-corrected chi connectivity index (χ0v) is 15.3. The maximum Gasteiger partial charge on any atom is 0.276 e. The summed E-state index contributed by atoms with van der Waals surface area (Å²) >= 11 is 0. The molecule has 0 fully saturated rings. The average molecular weight is 364 g/mol. The van der Waals surface area contributed by atoms with Gasteiger partial charge in [0, 0.05) is 11.8 Å². The molecule has 0 spiro atoms. The molecule has 2 N–H and O–H groups in total. The maximum atomic E-state index is 12.4. The Bertz CT molecular complexity index is 942. The second kappa shape index (κ2) is 8.18. The van der Waals surface area contributed by atoms with E-state index in [0.717, 1.165) is 11.3 Å². The molecular formula is C20H20N4O3. The molecule has 1 aromatic heterocycles. The fourth-order valence-corrected chi connectivity index (χ4v) is 2.46. The Balaban J connectivity index is 1.72. The summed E-state index contributed by atoms with van der Waals surface area (Å²) < 4.78 is 10.4. The van der Waals surface area contributed by atoms with Crippen molar-refractivity contribution in [1.82, 2.24) is 10.2 Å². The van der Waals surface area contributed by atoms with Crippen molar-refractivity contribution in [2.24, 2.45) is 0 Å². The van der Waals surface area contributed by atoms with E-state index in [-0.39, 0.29) is 11.6 Å². The van der Waals surface area contributed by atoms with Gasteiger partial charge in [0.2, 0.25) is 0 Å². The summed E-state index contributed by atoms with van der Waals surface area (Å²) in [5.41, 5.74) is 2.75. The van der Waals surface area contributed by atoms with Crippen molar-refractivity contribution in [3.63, 3.8) is 0 Å². The summed E-state index contributed by atoms with van der Waals surface area (Å²) in [6, 6.07) is 16.3. The van der Waals surface area contributed by atoms with E-state index in [9.17, 15) is 4.79 Å². The molecule has 7 nitrogen and oxygen atoms in total. The summed E-state index contributed by atoms with van der Waals surface area (Å²) in [6.07, 6.45) is 0. The summed E-state index contributed by atoms with van der Waals surface area (Å²) in [7, 11) is 3.09. The first-order chi connectivity index (χ1) is 13.1. The van der Waals surface area contributed by atoms with Gasteiger partial charge in [0.1, 0.15) is 11.5 Å². The van der Waals surface area contributed by atoms with E-state index < -0.39 is 0 Å². The lowest BCUT2D eigenvalue weighted by Crippen LogP contribution is -2.15. The number of aromatic nitrogens is 2. The first kappa shape index (κ1) is 18.2. The van der Waals surface area contributed by atoms with E-state index in [1.54, 1.807) is 37.4 Å². The maximum absolute atomic E-state index is 12.4. The van der Waals surface area contributed by atoms with Gasteiger partial charge in [-0.15, -0.1) is 10.2 Å². The number of aryl methyl sites for hydroxylation is 1. The fourth-order valence-electron chi connectivity index (χ4n) is 2.46. The van der Waals surface area contributed by atoms with Gasteiger partial charge in [-0.05, 0) is 42.8 Å². The molecule has 0 saturated heterocycles. The molecule has 1 amide bonds. The summed E-state index contributed by atoms with van der Waals surface area (Å²) in [4.78, 5) is 12.4.